The van der Waals surface area contributed by atoms with Crippen LogP contribution in [0.25, 0.3) is 0 Å². The molecule has 0 aromatic rings. The maximum Gasteiger partial charge on any atom is 1.00 e. The monoisotopic (exact) mass is 157 g/mol. The molecule has 9 heavy (non-hydrogen) atoms. The molecule has 0 amide bonds. The van der Waals surface area contributed by atoms with Crippen molar-refractivity contribution in [3.05, 3.63) is 0 Å². The Hall–Kier alpha value is 0.576. The van der Waals surface area contributed by atoms with Crippen LogP contribution in [-0.4, -0.2) is 23.7 Å². The molecule has 4 nitrogen and oxygen atoms in total. The second kappa shape index (κ2) is 6.69. The number of carboxylic acids is 1. The summed E-state index contributed by atoms with van der Waals surface area (Å²) in [5.41, 5.74) is 0. The predicted molar refractivity (Wildman–Crippen MR) is 24.3 cm³/mol. The van der Waals surface area contributed by atoms with Gasteiger partial charge in [0.25, 0.3) is 0 Å². The minimum atomic E-state index is -1.55. The van der Waals surface area contributed by atoms with E-state index in [1.807, 2.05) is 0 Å². The van der Waals surface area contributed by atoms with E-state index in [4.69, 9.17) is 5.11 Å². The normalized spacial score (nSPS) is 7.22. The third kappa shape index (κ3) is 6.46. The van der Waals surface area contributed by atoms with Crippen molar-refractivity contribution < 1.29 is 70.8 Å². The van der Waals surface area contributed by atoms with Gasteiger partial charge in [-0.15, -0.1) is 0 Å². The Morgan fingerprint density at radius 3 is 2.11 bits per heavy atom. The molecule has 1 N–H and O–H groups in total. The summed E-state index contributed by atoms with van der Waals surface area (Å²) in [6.45, 7) is 1.64. The predicted octanol–water partition coefficient (Wildman–Crippen LogP) is -3.36. The van der Waals surface area contributed by atoms with Crippen LogP contribution in [0.3, 0.4) is 0 Å². The van der Waals surface area contributed by atoms with E-state index in [9.17, 15) is 9.59 Å². The fraction of sp³-hybridized carbons (Fsp3) is 0.500. The van der Waals surface area contributed by atoms with Gasteiger partial charge in [0.2, 0.25) is 0 Å². The number of carbonyl (C=O) groups excluding carboxylic acids is 1. The summed E-state index contributed by atoms with van der Waals surface area (Å²) < 4.78 is 4.06. The van der Waals surface area contributed by atoms with Crippen LogP contribution in [-0.2, 0) is 14.3 Å². The molecule has 0 saturated heterocycles. The van der Waals surface area contributed by atoms with Gasteiger partial charge in [-0.2, -0.15) is 0 Å². The molecule has 0 aromatic heterocycles. The van der Waals surface area contributed by atoms with E-state index >= 15 is 0 Å². The number of esters is 1. The molecule has 0 saturated carbocycles. The van der Waals surface area contributed by atoms with Crippen LogP contribution in [0.2, 0.25) is 0 Å². The second-order valence-electron chi connectivity index (χ2n) is 1.03. The first kappa shape index (κ1) is 12.3. The number of hydrogen-bond acceptors (Lipinski definition) is 3. The van der Waals surface area contributed by atoms with E-state index in [-0.39, 0.29) is 58.0 Å². The van der Waals surface area contributed by atoms with Crippen molar-refractivity contribution in [2.45, 2.75) is 6.92 Å². The number of ether oxygens (including phenoxy) is 1. The number of carbonyl (C=O) groups is 2. The first-order chi connectivity index (χ1) is 3.68. The molecule has 0 aromatic carbocycles. The number of carboxylic acid groups (broad SMARTS) is 1. The molecular weight excluding hydrogens is 151 g/mol. The van der Waals surface area contributed by atoms with Gasteiger partial charge in [-0.3, -0.25) is 0 Å². The van der Waals surface area contributed by atoms with Crippen LogP contribution in [0.15, 0.2) is 0 Å². The Morgan fingerprint density at radius 2 is 2.00 bits per heavy atom. The number of hydrogen-bond donors (Lipinski definition) is 1. The van der Waals surface area contributed by atoms with Gasteiger partial charge >= 0.3 is 63.3 Å². The van der Waals surface area contributed by atoms with Crippen molar-refractivity contribution in [2.24, 2.45) is 0 Å². The van der Waals surface area contributed by atoms with E-state index in [2.05, 4.69) is 4.74 Å². The first-order valence-corrected chi connectivity index (χ1v) is 2.08. The zero-order valence-electron chi connectivity index (χ0n) is 5.38. The molecule has 46 valence electrons. The van der Waals surface area contributed by atoms with Crippen molar-refractivity contribution in [1.82, 2.24) is 0 Å². The molecule has 0 spiro atoms. The molecule has 0 bridgehead atoms. The quantitative estimate of drug-likeness (QED) is 0.245. The largest absolute Gasteiger partial charge is 1.00 e. The van der Waals surface area contributed by atoms with Gasteiger partial charge < -0.3 is 9.84 Å². The molecule has 0 radical (unpaired) electrons. The summed E-state index contributed by atoms with van der Waals surface area (Å²) in [5, 5.41) is 7.84. The number of rotatable bonds is 1. The fourth-order valence-electron chi connectivity index (χ4n) is 0.193. The molecule has 0 fully saturated rings. The Balaban J connectivity index is 0. The van der Waals surface area contributed by atoms with Crippen molar-refractivity contribution >= 4 is 11.9 Å². The van der Waals surface area contributed by atoms with E-state index in [1.165, 1.54) is 0 Å². The summed E-state index contributed by atoms with van der Waals surface area (Å²) in [4.78, 5) is 19.5. The first-order valence-electron chi connectivity index (χ1n) is 2.08. The second-order valence-corrected chi connectivity index (χ2v) is 1.03. The summed E-state index contributed by atoms with van der Waals surface area (Å²) in [6.07, 6.45) is 0. The van der Waals surface area contributed by atoms with Gasteiger partial charge in [-0.05, 0) is 6.92 Å². The van der Waals surface area contributed by atoms with Crippen molar-refractivity contribution in [2.75, 3.05) is 6.61 Å². The summed E-state index contributed by atoms with van der Waals surface area (Å²) in [5.74, 6) is -2.75. The molecule has 0 atom stereocenters. The van der Waals surface area contributed by atoms with Crippen LogP contribution in [0.5, 0.6) is 0 Å². The van der Waals surface area contributed by atoms with Gasteiger partial charge in [0.1, 0.15) is 0 Å². The van der Waals surface area contributed by atoms with E-state index in [0.29, 0.717) is 0 Å². The van der Waals surface area contributed by atoms with Crippen LogP contribution in [0, 0.1) is 0 Å². The molecule has 0 unspecified atom stereocenters. The zero-order chi connectivity index (χ0) is 6.57. The zero-order valence-corrected chi connectivity index (χ0v) is 8.50. The van der Waals surface area contributed by atoms with Gasteiger partial charge in [-0.1, -0.05) is 0 Å². The molecular formula is C4H6KO4+. The molecule has 0 aliphatic heterocycles. The van der Waals surface area contributed by atoms with E-state index in [0.717, 1.165) is 0 Å². The fourth-order valence-corrected chi connectivity index (χ4v) is 0.193. The average Bonchev–Trinajstić information content (AvgIpc) is 1.67. The molecule has 0 heterocycles. The van der Waals surface area contributed by atoms with Crippen LogP contribution < -0.4 is 51.4 Å². The van der Waals surface area contributed by atoms with Crippen molar-refractivity contribution in [3.63, 3.8) is 0 Å². The smallest absolute Gasteiger partial charge is 0.473 e. The molecule has 0 aliphatic carbocycles. The number of aliphatic carboxylic acids is 1. The standard InChI is InChI=1S/C4H6O4.K/c1-2-8-4(7)3(5)6;/h2H2,1H3,(H,5,6);/q;+1. The van der Waals surface area contributed by atoms with E-state index < -0.39 is 11.9 Å². The summed E-state index contributed by atoms with van der Waals surface area (Å²) in [7, 11) is 0. The average molecular weight is 157 g/mol. The van der Waals surface area contributed by atoms with Crippen molar-refractivity contribution in [1.29, 1.82) is 0 Å². The maximum atomic E-state index is 9.92. The van der Waals surface area contributed by atoms with Crippen LogP contribution in [0.1, 0.15) is 6.92 Å². The summed E-state index contributed by atoms with van der Waals surface area (Å²) >= 11 is 0. The minimum Gasteiger partial charge on any atom is -0.473 e. The van der Waals surface area contributed by atoms with Gasteiger partial charge in [0, 0.05) is 0 Å². The Labute approximate surface area is 95.0 Å². The van der Waals surface area contributed by atoms with Crippen molar-refractivity contribution in [3.8, 4) is 0 Å². The van der Waals surface area contributed by atoms with Gasteiger partial charge in [-0.25, -0.2) is 9.59 Å². The van der Waals surface area contributed by atoms with Gasteiger partial charge in [0.05, 0.1) is 6.61 Å². The minimum absolute atomic E-state index is 0. The molecule has 0 rings (SSSR count). The third-order valence-electron chi connectivity index (χ3n) is 0.450. The maximum absolute atomic E-state index is 9.92. The molecule has 0 aliphatic rings. The van der Waals surface area contributed by atoms with Crippen LogP contribution >= 0.6 is 0 Å². The Kier molecular flexibility index (Phi) is 9.13. The Bertz CT molecular complexity index is 111. The SMILES string of the molecule is CCOC(=O)C(=O)O.[K+]. The molecule has 5 heteroatoms. The van der Waals surface area contributed by atoms with E-state index in [1.54, 1.807) is 6.92 Å². The third-order valence-corrected chi connectivity index (χ3v) is 0.450. The van der Waals surface area contributed by atoms with Gasteiger partial charge in [0.15, 0.2) is 0 Å². The van der Waals surface area contributed by atoms with Crippen LogP contribution in [0.4, 0.5) is 0 Å². The topological polar surface area (TPSA) is 63.6 Å². The Morgan fingerprint density at radius 1 is 1.56 bits per heavy atom. The summed E-state index contributed by atoms with van der Waals surface area (Å²) in [6, 6.07) is 0.